The number of rotatable bonds is 3. The maximum Gasteiger partial charge on any atom is 1.00 e. The Morgan fingerprint density at radius 2 is 1.80 bits per heavy atom. The van der Waals surface area contributed by atoms with Crippen LogP contribution in [-0.2, 0) is 6.42 Å². The number of hydrogen-bond donors (Lipinski definition) is 0. The number of aryl methyl sites for hydroxylation is 1. The molecule has 0 aliphatic rings. The molecule has 0 N–H and O–H groups in total. The van der Waals surface area contributed by atoms with E-state index in [1.54, 1.807) is 12.1 Å². The van der Waals surface area contributed by atoms with Gasteiger partial charge in [0, 0.05) is 0 Å². The van der Waals surface area contributed by atoms with Gasteiger partial charge in [0.1, 0.15) is 0 Å². The summed E-state index contributed by atoms with van der Waals surface area (Å²) in [5.41, 5.74) is 1.58. The van der Waals surface area contributed by atoms with Crippen molar-refractivity contribution in [1.82, 2.24) is 0 Å². The fourth-order valence-electron chi connectivity index (χ4n) is 1.23. The van der Waals surface area contributed by atoms with E-state index in [4.69, 9.17) is 0 Å². The fraction of sp³-hybridized carbons (Fsp3) is 0.200. The van der Waals surface area contributed by atoms with Gasteiger partial charge in [0.15, 0.2) is 0 Å². The largest absolute Gasteiger partial charge is 1.00 e. The zero-order valence-electron chi connectivity index (χ0n) is 8.88. The Bertz CT molecular complexity index is 334. The Hall–Kier alpha value is 0.451. The average Bonchev–Trinajstić information content (AvgIpc) is 2.14. The van der Waals surface area contributed by atoms with Crippen LogP contribution in [0.2, 0.25) is 0 Å². The van der Waals surface area contributed by atoms with Gasteiger partial charge in [-0.2, -0.15) is 0 Å². The van der Waals surface area contributed by atoms with E-state index in [0.29, 0.717) is 11.5 Å². The van der Waals surface area contributed by atoms with Crippen molar-refractivity contribution in [1.29, 1.82) is 0 Å². The fourth-order valence-corrected chi connectivity index (χ4v) is 1.23. The predicted molar refractivity (Wildman–Crippen MR) is 53.9 cm³/mol. The van der Waals surface area contributed by atoms with Crippen molar-refractivity contribution in [3.63, 3.8) is 0 Å². The molecule has 5 heteroatoms. The molecule has 0 atom stereocenters. The number of hydrogen-bond acceptors (Lipinski definition) is 0. The van der Waals surface area contributed by atoms with E-state index in [0.717, 1.165) is 18.1 Å². The molecular weight excluding hydrogens is 227 g/mol. The molecule has 0 bridgehead atoms. The van der Waals surface area contributed by atoms with Crippen molar-refractivity contribution < 1.29 is 64.3 Å². The first-order valence-electron chi connectivity index (χ1n) is 4.50. The van der Waals surface area contributed by atoms with Crippen LogP contribution in [0, 0.1) is 0 Å². The van der Waals surface area contributed by atoms with Crippen LogP contribution in [0.1, 0.15) is 18.1 Å². The minimum Gasteiger partial charge on any atom is -0.445 e. The summed E-state index contributed by atoms with van der Waals surface area (Å²) >= 11 is 0. The van der Waals surface area contributed by atoms with Crippen LogP contribution in [-0.4, -0.2) is 6.98 Å². The second-order valence-electron chi connectivity index (χ2n) is 3.04. The summed E-state index contributed by atoms with van der Waals surface area (Å²) in [6.07, 6.45) is 1.88. The second-order valence-corrected chi connectivity index (χ2v) is 3.04. The van der Waals surface area contributed by atoms with Gasteiger partial charge >= 0.3 is 58.4 Å². The van der Waals surface area contributed by atoms with Gasteiger partial charge in [-0.1, -0.05) is 37.3 Å². The molecule has 0 heterocycles. The van der Waals surface area contributed by atoms with Crippen molar-refractivity contribution in [2.45, 2.75) is 13.3 Å². The molecule has 15 heavy (non-hydrogen) atoms. The third-order valence-corrected chi connectivity index (χ3v) is 1.93. The van der Waals surface area contributed by atoms with Crippen molar-refractivity contribution in [2.75, 3.05) is 0 Å². The standard InChI is InChI=1S/C10H11BF3.K/c1-2-9-5-3-4-6-10(9)7-8-11(12,13)14;/h3-8H,2H2,1H3;/q-1;+1/b8-7+;. The predicted octanol–water partition coefficient (Wildman–Crippen LogP) is 0.653. The number of halogens is 3. The molecule has 0 spiro atoms. The zero-order chi connectivity index (χ0) is 10.6. The quantitative estimate of drug-likeness (QED) is 0.678. The molecule has 0 fully saturated rings. The molecule has 76 valence electrons. The summed E-state index contributed by atoms with van der Waals surface area (Å²) in [7, 11) is 0. The molecule has 0 radical (unpaired) electrons. The summed E-state index contributed by atoms with van der Waals surface area (Å²) in [6.45, 7) is -2.91. The average molecular weight is 238 g/mol. The summed E-state index contributed by atoms with van der Waals surface area (Å²) in [4.78, 5) is 0. The summed E-state index contributed by atoms with van der Waals surface area (Å²) in [6, 6.07) is 7.09. The van der Waals surface area contributed by atoms with Gasteiger partial charge in [-0.05, 0) is 17.5 Å². The van der Waals surface area contributed by atoms with Crippen molar-refractivity contribution in [2.24, 2.45) is 0 Å². The molecule has 0 aromatic heterocycles. The van der Waals surface area contributed by atoms with Gasteiger partial charge < -0.3 is 12.9 Å². The maximum absolute atomic E-state index is 12.0. The van der Waals surface area contributed by atoms with Crippen molar-refractivity contribution >= 4 is 13.1 Å². The Morgan fingerprint density at radius 3 is 2.33 bits per heavy atom. The molecular formula is C10H11BF3K. The van der Waals surface area contributed by atoms with E-state index in [2.05, 4.69) is 0 Å². The second kappa shape index (κ2) is 6.91. The third kappa shape index (κ3) is 5.92. The SMILES string of the molecule is CCc1ccccc1/C=C/[B-](F)(F)F.[K+]. The number of benzene rings is 1. The molecule has 0 unspecified atom stereocenters. The summed E-state index contributed by atoms with van der Waals surface area (Å²) in [5, 5.41) is 0. The van der Waals surface area contributed by atoms with Gasteiger partial charge in [-0.3, -0.25) is 0 Å². The minimum absolute atomic E-state index is 0. The molecule has 0 aliphatic carbocycles. The van der Waals surface area contributed by atoms with Gasteiger partial charge in [-0.25, -0.2) is 0 Å². The van der Waals surface area contributed by atoms with Crippen LogP contribution in [0.3, 0.4) is 0 Å². The first kappa shape index (κ1) is 15.5. The molecule has 0 amide bonds. The topological polar surface area (TPSA) is 0 Å². The van der Waals surface area contributed by atoms with Crippen LogP contribution in [0.15, 0.2) is 30.2 Å². The smallest absolute Gasteiger partial charge is 0.445 e. The summed E-state index contributed by atoms with van der Waals surface area (Å²) < 4.78 is 35.9. The summed E-state index contributed by atoms with van der Waals surface area (Å²) in [5.74, 6) is 0.328. The van der Waals surface area contributed by atoms with Gasteiger partial charge in [0.05, 0.1) is 0 Å². The molecule has 1 rings (SSSR count). The van der Waals surface area contributed by atoms with E-state index in [-0.39, 0.29) is 51.4 Å². The van der Waals surface area contributed by atoms with Crippen molar-refractivity contribution in [3.8, 4) is 0 Å². The monoisotopic (exact) mass is 238 g/mol. The van der Waals surface area contributed by atoms with E-state index in [1.165, 1.54) is 0 Å². The molecule has 0 saturated carbocycles. The van der Waals surface area contributed by atoms with E-state index < -0.39 is 6.98 Å². The minimum atomic E-state index is -4.83. The maximum atomic E-state index is 12.0. The van der Waals surface area contributed by atoms with Gasteiger partial charge in [0.25, 0.3) is 0 Å². The van der Waals surface area contributed by atoms with Crippen LogP contribution in [0.5, 0.6) is 0 Å². The first-order chi connectivity index (χ1) is 6.53. The van der Waals surface area contributed by atoms with E-state index in [9.17, 15) is 12.9 Å². The zero-order valence-corrected chi connectivity index (χ0v) is 12.0. The van der Waals surface area contributed by atoms with Gasteiger partial charge in [-0.15, -0.1) is 5.98 Å². The Labute approximate surface area is 130 Å². The first-order valence-corrected chi connectivity index (χ1v) is 4.50. The Kier molecular flexibility index (Phi) is 7.12. The normalized spacial score (nSPS) is 11.5. The molecule has 0 nitrogen and oxygen atoms in total. The molecule has 0 aliphatic heterocycles. The van der Waals surface area contributed by atoms with Crippen LogP contribution >= 0.6 is 0 Å². The van der Waals surface area contributed by atoms with Crippen molar-refractivity contribution in [3.05, 3.63) is 41.4 Å². The Balaban J connectivity index is 0.00000196. The van der Waals surface area contributed by atoms with Crippen LogP contribution in [0.4, 0.5) is 12.9 Å². The van der Waals surface area contributed by atoms with Gasteiger partial charge in [0.2, 0.25) is 0 Å². The van der Waals surface area contributed by atoms with E-state index in [1.807, 2.05) is 19.1 Å². The molecule has 1 aromatic rings. The van der Waals surface area contributed by atoms with Crippen LogP contribution < -0.4 is 51.4 Å². The molecule has 1 aromatic carbocycles. The van der Waals surface area contributed by atoms with E-state index >= 15 is 0 Å². The van der Waals surface area contributed by atoms with Crippen LogP contribution in [0.25, 0.3) is 6.08 Å². The Morgan fingerprint density at radius 1 is 1.20 bits per heavy atom. The molecule has 0 saturated heterocycles. The third-order valence-electron chi connectivity index (χ3n) is 1.93.